The molecule has 0 rings (SSSR count). The first-order chi connectivity index (χ1) is 32.5. The molecule has 0 spiro atoms. The van der Waals surface area contributed by atoms with Gasteiger partial charge in [0.15, 0.2) is 6.10 Å². The summed E-state index contributed by atoms with van der Waals surface area (Å²) in [6, 6.07) is 0. The average Bonchev–Trinajstić information content (AvgIpc) is 3.31. The standard InChI is InChI=1S/C60H110O6/c1-4-7-10-13-16-19-22-25-27-29-30-32-34-36-39-41-44-47-50-53-59(62)65-56-57(66-60(63)54-51-48-45-42-37-24-21-18-15-12-9-6-3)55-64-58(61)52-49-46-43-40-38-35-33-31-28-26-23-20-17-14-11-8-5-2/h17,20,25-28,57H,4-16,18-19,21-24,29-56H2,1-3H3/b20-17-,27-25-,28-26-/t57-/m1/s1. The summed E-state index contributed by atoms with van der Waals surface area (Å²) >= 11 is 0. The lowest BCUT2D eigenvalue weighted by atomic mass is 10.0. The SMILES string of the molecule is CCCCC/C=C\C/C=C\CCCCCCCCCC(=O)OC[C@H](COC(=O)CCCCCCCCCCC/C=C\CCCCCCCC)OC(=O)CCCCCCCCCCCCCC. The summed E-state index contributed by atoms with van der Waals surface area (Å²) in [6.07, 6.45) is 65.6. The van der Waals surface area contributed by atoms with Gasteiger partial charge in [0.25, 0.3) is 0 Å². The van der Waals surface area contributed by atoms with Crippen molar-refractivity contribution in [2.45, 2.75) is 316 Å². The van der Waals surface area contributed by atoms with Crippen LogP contribution in [0.1, 0.15) is 310 Å². The summed E-state index contributed by atoms with van der Waals surface area (Å²) in [5.41, 5.74) is 0. The van der Waals surface area contributed by atoms with Crippen molar-refractivity contribution >= 4 is 17.9 Å². The molecule has 0 unspecified atom stereocenters. The number of rotatable bonds is 53. The van der Waals surface area contributed by atoms with Crippen molar-refractivity contribution in [1.82, 2.24) is 0 Å². The Morgan fingerprint density at radius 2 is 0.545 bits per heavy atom. The van der Waals surface area contributed by atoms with Crippen LogP contribution in [-0.2, 0) is 28.6 Å². The van der Waals surface area contributed by atoms with Gasteiger partial charge in [-0.2, -0.15) is 0 Å². The predicted octanol–water partition coefficient (Wildman–Crippen LogP) is 19.3. The summed E-state index contributed by atoms with van der Waals surface area (Å²) in [4.78, 5) is 38.1. The third-order valence-corrected chi connectivity index (χ3v) is 12.9. The first kappa shape index (κ1) is 63.6. The van der Waals surface area contributed by atoms with Gasteiger partial charge in [0, 0.05) is 19.3 Å². The summed E-state index contributed by atoms with van der Waals surface area (Å²) < 4.78 is 16.9. The molecular formula is C60H110O6. The lowest BCUT2D eigenvalue weighted by molar-refractivity contribution is -0.167. The van der Waals surface area contributed by atoms with Gasteiger partial charge in [-0.1, -0.05) is 250 Å². The smallest absolute Gasteiger partial charge is 0.306 e. The largest absolute Gasteiger partial charge is 0.462 e. The number of carbonyl (C=O) groups is 3. The minimum absolute atomic E-state index is 0.0722. The van der Waals surface area contributed by atoms with E-state index in [4.69, 9.17) is 14.2 Å². The van der Waals surface area contributed by atoms with Crippen LogP contribution in [0.3, 0.4) is 0 Å². The van der Waals surface area contributed by atoms with Crippen LogP contribution >= 0.6 is 0 Å². The summed E-state index contributed by atoms with van der Waals surface area (Å²) in [7, 11) is 0. The molecule has 0 amide bonds. The summed E-state index contributed by atoms with van der Waals surface area (Å²) in [5, 5.41) is 0. The Morgan fingerprint density at radius 1 is 0.303 bits per heavy atom. The average molecular weight is 928 g/mol. The van der Waals surface area contributed by atoms with E-state index in [0.29, 0.717) is 19.3 Å². The van der Waals surface area contributed by atoms with E-state index in [9.17, 15) is 14.4 Å². The number of esters is 3. The normalized spacial score (nSPS) is 12.2. The highest BCUT2D eigenvalue weighted by Gasteiger charge is 2.19. The van der Waals surface area contributed by atoms with Crippen molar-refractivity contribution in [2.75, 3.05) is 13.2 Å². The Hall–Kier alpha value is -2.37. The molecule has 0 fully saturated rings. The van der Waals surface area contributed by atoms with E-state index in [2.05, 4.69) is 57.2 Å². The van der Waals surface area contributed by atoms with Gasteiger partial charge < -0.3 is 14.2 Å². The van der Waals surface area contributed by atoms with Gasteiger partial charge in [-0.15, -0.1) is 0 Å². The second-order valence-electron chi connectivity index (χ2n) is 19.6. The lowest BCUT2D eigenvalue weighted by Gasteiger charge is -2.18. The highest BCUT2D eigenvalue weighted by atomic mass is 16.6. The minimum atomic E-state index is -0.772. The molecule has 6 nitrogen and oxygen atoms in total. The van der Waals surface area contributed by atoms with Gasteiger partial charge in [-0.05, 0) is 77.0 Å². The number of ether oxygens (including phenoxy) is 3. The van der Waals surface area contributed by atoms with E-state index in [0.717, 1.165) is 70.6 Å². The molecule has 386 valence electrons. The molecule has 0 aliphatic heterocycles. The number of hydrogen-bond donors (Lipinski definition) is 0. The maximum Gasteiger partial charge on any atom is 0.306 e. The molecular weight excluding hydrogens is 817 g/mol. The predicted molar refractivity (Wildman–Crippen MR) is 284 cm³/mol. The molecule has 6 heteroatoms. The molecule has 0 N–H and O–H groups in total. The number of carbonyl (C=O) groups excluding carboxylic acids is 3. The maximum absolute atomic E-state index is 12.8. The fraction of sp³-hybridized carbons (Fsp3) is 0.850. The Kier molecular flexibility index (Phi) is 53.2. The van der Waals surface area contributed by atoms with Gasteiger partial charge >= 0.3 is 17.9 Å². The van der Waals surface area contributed by atoms with Crippen molar-refractivity contribution < 1.29 is 28.6 Å². The van der Waals surface area contributed by atoms with Crippen molar-refractivity contribution in [2.24, 2.45) is 0 Å². The zero-order valence-corrected chi connectivity index (χ0v) is 44.2. The first-order valence-corrected chi connectivity index (χ1v) is 29.0. The zero-order chi connectivity index (χ0) is 47.9. The van der Waals surface area contributed by atoms with Crippen molar-refractivity contribution in [1.29, 1.82) is 0 Å². The fourth-order valence-corrected chi connectivity index (χ4v) is 8.47. The highest BCUT2D eigenvalue weighted by molar-refractivity contribution is 5.71. The van der Waals surface area contributed by atoms with Crippen LogP contribution in [-0.4, -0.2) is 37.2 Å². The van der Waals surface area contributed by atoms with Crippen LogP contribution in [0.15, 0.2) is 36.5 Å². The maximum atomic E-state index is 12.8. The zero-order valence-electron chi connectivity index (χ0n) is 44.2. The van der Waals surface area contributed by atoms with Gasteiger partial charge in [-0.25, -0.2) is 0 Å². The number of hydrogen-bond acceptors (Lipinski definition) is 6. The van der Waals surface area contributed by atoms with E-state index in [1.165, 1.54) is 199 Å². The topological polar surface area (TPSA) is 78.9 Å². The van der Waals surface area contributed by atoms with Crippen LogP contribution < -0.4 is 0 Å². The Bertz CT molecular complexity index is 1110. The molecule has 1 atom stereocenters. The molecule has 0 saturated carbocycles. The molecule has 0 bridgehead atoms. The summed E-state index contributed by atoms with van der Waals surface area (Å²) in [6.45, 7) is 6.64. The van der Waals surface area contributed by atoms with Crippen molar-refractivity contribution in [3.63, 3.8) is 0 Å². The van der Waals surface area contributed by atoms with Crippen molar-refractivity contribution in [3.8, 4) is 0 Å². The number of unbranched alkanes of at least 4 members (excludes halogenated alkanes) is 36. The molecule has 0 aliphatic rings. The third kappa shape index (κ3) is 52.6. The van der Waals surface area contributed by atoms with Crippen LogP contribution in [0.4, 0.5) is 0 Å². The van der Waals surface area contributed by atoms with Crippen LogP contribution in [0.5, 0.6) is 0 Å². The molecule has 0 aromatic heterocycles. The molecule has 0 heterocycles. The monoisotopic (exact) mass is 927 g/mol. The van der Waals surface area contributed by atoms with Crippen LogP contribution in [0.25, 0.3) is 0 Å². The second-order valence-corrected chi connectivity index (χ2v) is 19.6. The van der Waals surface area contributed by atoms with Gasteiger partial charge in [0.2, 0.25) is 0 Å². The fourth-order valence-electron chi connectivity index (χ4n) is 8.47. The quantitative estimate of drug-likeness (QED) is 0.0262. The van der Waals surface area contributed by atoms with Crippen molar-refractivity contribution in [3.05, 3.63) is 36.5 Å². The van der Waals surface area contributed by atoms with E-state index < -0.39 is 6.10 Å². The van der Waals surface area contributed by atoms with Gasteiger partial charge in [0.05, 0.1) is 0 Å². The minimum Gasteiger partial charge on any atom is -0.462 e. The molecule has 66 heavy (non-hydrogen) atoms. The van der Waals surface area contributed by atoms with Gasteiger partial charge in [-0.3, -0.25) is 14.4 Å². The molecule has 0 aliphatic carbocycles. The Labute approximate surface area is 410 Å². The Morgan fingerprint density at radius 3 is 0.879 bits per heavy atom. The first-order valence-electron chi connectivity index (χ1n) is 29.0. The molecule has 0 aromatic carbocycles. The van der Waals surface area contributed by atoms with E-state index in [1.54, 1.807) is 0 Å². The molecule has 0 aromatic rings. The number of allylic oxidation sites excluding steroid dienone is 6. The third-order valence-electron chi connectivity index (χ3n) is 12.9. The van der Waals surface area contributed by atoms with Crippen LogP contribution in [0.2, 0.25) is 0 Å². The van der Waals surface area contributed by atoms with E-state index >= 15 is 0 Å². The molecule has 0 saturated heterocycles. The van der Waals surface area contributed by atoms with E-state index in [1.807, 2.05) is 0 Å². The van der Waals surface area contributed by atoms with Gasteiger partial charge in [0.1, 0.15) is 13.2 Å². The Balaban J connectivity index is 4.31. The second kappa shape index (κ2) is 55.2. The summed E-state index contributed by atoms with van der Waals surface area (Å²) in [5.74, 6) is -0.866. The van der Waals surface area contributed by atoms with E-state index in [-0.39, 0.29) is 31.1 Å². The van der Waals surface area contributed by atoms with Crippen LogP contribution in [0, 0.1) is 0 Å². The molecule has 0 radical (unpaired) electrons. The lowest BCUT2D eigenvalue weighted by Crippen LogP contribution is -2.30. The highest BCUT2D eigenvalue weighted by Crippen LogP contribution is 2.16.